The molecule has 0 aliphatic carbocycles. The lowest BCUT2D eigenvalue weighted by Gasteiger charge is -2.08. The summed E-state index contributed by atoms with van der Waals surface area (Å²) >= 11 is 0. The van der Waals surface area contributed by atoms with Crippen molar-refractivity contribution in [3.05, 3.63) is 47.2 Å². The fraction of sp³-hybridized carbons (Fsp3) is 0.154. The Morgan fingerprint density at radius 3 is 2.68 bits per heavy atom. The summed E-state index contributed by atoms with van der Waals surface area (Å²) in [6.45, 7) is 1.74. The third kappa shape index (κ3) is 2.55. The number of amides is 1. The molecule has 0 bridgehead atoms. The van der Waals surface area contributed by atoms with Gasteiger partial charge in [-0.3, -0.25) is 20.3 Å². The number of aromatic nitrogens is 2. The lowest BCUT2D eigenvalue weighted by molar-refractivity contribution is 0.0962. The second-order valence-corrected chi connectivity index (χ2v) is 3.99. The van der Waals surface area contributed by atoms with Crippen molar-refractivity contribution in [3.63, 3.8) is 0 Å². The fourth-order valence-electron chi connectivity index (χ4n) is 1.71. The number of carbonyl (C=O) groups excluding carboxylic acids is 1. The van der Waals surface area contributed by atoms with Crippen LogP contribution in [0.3, 0.4) is 0 Å². The lowest BCUT2D eigenvalue weighted by atomic mass is 10.2. The molecule has 2 N–H and O–H groups in total. The maximum Gasteiger partial charge on any atom is 0.269 e. The van der Waals surface area contributed by atoms with Crippen LogP contribution >= 0.6 is 0 Å². The molecule has 6 heteroatoms. The van der Waals surface area contributed by atoms with E-state index >= 15 is 0 Å². The Morgan fingerprint density at radius 1 is 1.37 bits per heavy atom. The molecule has 0 radical (unpaired) electrons. The van der Waals surface area contributed by atoms with Crippen LogP contribution in [0.15, 0.2) is 30.3 Å². The van der Waals surface area contributed by atoms with Crippen LogP contribution in [0.5, 0.6) is 0 Å². The standard InChI is InChI=1S/C13H13N5O/c1-9-11(8-14)12(18(2)17-9)15-16-13(19)10-6-4-3-5-7-10/h3-7,15H,1-2H3,(H,16,19). The molecule has 2 aromatic rings. The van der Waals surface area contributed by atoms with E-state index in [0.717, 1.165) is 0 Å². The summed E-state index contributed by atoms with van der Waals surface area (Å²) in [6, 6.07) is 10.9. The zero-order chi connectivity index (χ0) is 13.8. The highest BCUT2D eigenvalue weighted by atomic mass is 16.2. The van der Waals surface area contributed by atoms with Crippen molar-refractivity contribution < 1.29 is 4.79 Å². The van der Waals surface area contributed by atoms with Crippen LogP contribution in [-0.2, 0) is 7.05 Å². The summed E-state index contributed by atoms with van der Waals surface area (Å²) in [5, 5.41) is 13.2. The average molecular weight is 255 g/mol. The van der Waals surface area contributed by atoms with Crippen molar-refractivity contribution in [3.8, 4) is 6.07 Å². The Bertz CT molecular complexity index is 639. The third-order valence-electron chi connectivity index (χ3n) is 2.66. The second-order valence-electron chi connectivity index (χ2n) is 3.99. The van der Waals surface area contributed by atoms with Gasteiger partial charge in [0.25, 0.3) is 5.91 Å². The molecule has 1 aromatic carbocycles. The minimum absolute atomic E-state index is 0.275. The van der Waals surface area contributed by atoms with E-state index in [1.165, 1.54) is 4.68 Å². The van der Waals surface area contributed by atoms with E-state index < -0.39 is 0 Å². The molecule has 1 heterocycles. The number of nitrogens with zero attached hydrogens (tertiary/aromatic N) is 3. The van der Waals surface area contributed by atoms with Crippen molar-refractivity contribution in [2.45, 2.75) is 6.92 Å². The van der Waals surface area contributed by atoms with Crippen LogP contribution in [0.1, 0.15) is 21.6 Å². The lowest BCUT2D eigenvalue weighted by Crippen LogP contribution is -2.30. The third-order valence-corrected chi connectivity index (χ3v) is 2.66. The van der Waals surface area contributed by atoms with Crippen molar-refractivity contribution in [1.82, 2.24) is 15.2 Å². The summed E-state index contributed by atoms with van der Waals surface area (Å²) in [4.78, 5) is 11.8. The monoisotopic (exact) mass is 255 g/mol. The van der Waals surface area contributed by atoms with E-state index in [9.17, 15) is 4.79 Å². The smallest absolute Gasteiger partial charge is 0.269 e. The topological polar surface area (TPSA) is 82.7 Å². The first-order valence-corrected chi connectivity index (χ1v) is 5.68. The van der Waals surface area contributed by atoms with Crippen molar-refractivity contribution in [2.24, 2.45) is 7.05 Å². The first-order chi connectivity index (χ1) is 9.13. The van der Waals surface area contributed by atoms with Gasteiger partial charge in [-0.15, -0.1) is 0 Å². The number of nitrogens with one attached hydrogen (secondary N) is 2. The molecule has 2 rings (SSSR count). The second kappa shape index (κ2) is 5.23. The Kier molecular flexibility index (Phi) is 3.48. The zero-order valence-electron chi connectivity index (χ0n) is 10.6. The molecule has 0 atom stereocenters. The predicted octanol–water partition coefficient (Wildman–Crippen LogP) is 1.36. The maximum absolute atomic E-state index is 11.8. The number of hydrogen-bond donors (Lipinski definition) is 2. The van der Waals surface area contributed by atoms with E-state index in [1.807, 2.05) is 6.07 Å². The number of rotatable bonds is 3. The van der Waals surface area contributed by atoms with Crippen LogP contribution in [0.4, 0.5) is 5.82 Å². The average Bonchev–Trinajstić information content (AvgIpc) is 2.70. The van der Waals surface area contributed by atoms with E-state index in [-0.39, 0.29) is 5.91 Å². The molecule has 0 spiro atoms. The Morgan fingerprint density at radius 2 is 2.05 bits per heavy atom. The maximum atomic E-state index is 11.8. The Labute approximate surface area is 110 Å². The van der Waals surface area contributed by atoms with Gasteiger partial charge in [-0.05, 0) is 19.1 Å². The van der Waals surface area contributed by atoms with Crippen LogP contribution in [0, 0.1) is 18.3 Å². The SMILES string of the molecule is Cc1nn(C)c(NNC(=O)c2ccccc2)c1C#N. The zero-order valence-corrected chi connectivity index (χ0v) is 10.6. The van der Waals surface area contributed by atoms with E-state index in [2.05, 4.69) is 22.0 Å². The largest absolute Gasteiger partial charge is 0.281 e. The first-order valence-electron chi connectivity index (χ1n) is 5.68. The molecule has 6 nitrogen and oxygen atoms in total. The van der Waals surface area contributed by atoms with Gasteiger partial charge >= 0.3 is 0 Å². The molecule has 0 saturated heterocycles. The van der Waals surface area contributed by atoms with Gasteiger partial charge in [0.2, 0.25) is 0 Å². The number of benzene rings is 1. The molecule has 1 amide bonds. The molecule has 0 unspecified atom stereocenters. The molecule has 96 valence electrons. The van der Waals surface area contributed by atoms with Gasteiger partial charge in [0.1, 0.15) is 11.6 Å². The quantitative estimate of drug-likeness (QED) is 0.811. The molecule has 0 aliphatic heterocycles. The Hall–Kier alpha value is -2.81. The van der Waals surface area contributed by atoms with E-state index in [1.54, 1.807) is 38.2 Å². The van der Waals surface area contributed by atoms with Crippen LogP contribution in [0.25, 0.3) is 0 Å². The van der Waals surface area contributed by atoms with Gasteiger partial charge < -0.3 is 0 Å². The highest BCUT2D eigenvalue weighted by molar-refractivity contribution is 5.94. The predicted molar refractivity (Wildman–Crippen MR) is 70.2 cm³/mol. The van der Waals surface area contributed by atoms with E-state index in [4.69, 9.17) is 5.26 Å². The number of hydrogen-bond acceptors (Lipinski definition) is 4. The molecule has 19 heavy (non-hydrogen) atoms. The van der Waals surface area contributed by atoms with Gasteiger partial charge in [0, 0.05) is 12.6 Å². The van der Waals surface area contributed by atoms with Gasteiger partial charge in [0.05, 0.1) is 5.69 Å². The molecular weight excluding hydrogens is 242 g/mol. The van der Waals surface area contributed by atoms with Gasteiger partial charge in [-0.25, -0.2) is 0 Å². The van der Waals surface area contributed by atoms with Crippen molar-refractivity contribution in [2.75, 3.05) is 5.43 Å². The van der Waals surface area contributed by atoms with Crippen molar-refractivity contribution >= 4 is 11.7 Å². The van der Waals surface area contributed by atoms with Crippen LogP contribution in [0.2, 0.25) is 0 Å². The summed E-state index contributed by atoms with van der Waals surface area (Å²) in [6.07, 6.45) is 0. The number of nitriles is 1. The normalized spacial score (nSPS) is 9.74. The fourth-order valence-corrected chi connectivity index (χ4v) is 1.71. The summed E-state index contributed by atoms with van der Waals surface area (Å²) < 4.78 is 1.51. The van der Waals surface area contributed by atoms with Crippen LogP contribution in [-0.4, -0.2) is 15.7 Å². The summed E-state index contributed by atoms with van der Waals surface area (Å²) in [5.74, 6) is 0.188. The number of hydrazine groups is 1. The molecule has 0 aliphatic rings. The van der Waals surface area contributed by atoms with Gasteiger partial charge in [-0.2, -0.15) is 10.4 Å². The van der Waals surface area contributed by atoms with Gasteiger partial charge in [0.15, 0.2) is 5.82 Å². The molecule has 0 saturated carbocycles. The van der Waals surface area contributed by atoms with Gasteiger partial charge in [-0.1, -0.05) is 18.2 Å². The first kappa shape index (κ1) is 12.6. The highest BCUT2D eigenvalue weighted by Gasteiger charge is 2.13. The summed E-state index contributed by atoms with van der Waals surface area (Å²) in [5.41, 5.74) is 6.83. The summed E-state index contributed by atoms with van der Waals surface area (Å²) in [7, 11) is 1.70. The Balaban J connectivity index is 2.12. The number of anilines is 1. The van der Waals surface area contributed by atoms with E-state index in [0.29, 0.717) is 22.6 Å². The molecule has 1 aromatic heterocycles. The minimum atomic E-state index is -0.275. The minimum Gasteiger partial charge on any atom is -0.281 e. The molecule has 0 fully saturated rings. The molecular formula is C13H13N5O. The van der Waals surface area contributed by atoms with Crippen molar-refractivity contribution in [1.29, 1.82) is 5.26 Å². The van der Waals surface area contributed by atoms with Crippen LogP contribution < -0.4 is 10.9 Å². The number of aryl methyl sites for hydroxylation is 2. The highest BCUT2D eigenvalue weighted by Crippen LogP contribution is 2.16. The number of carbonyl (C=O) groups is 1.